The minimum absolute atomic E-state index is 0.0428. The van der Waals surface area contributed by atoms with Gasteiger partial charge in [-0.05, 0) is 37.5 Å². The fourth-order valence-electron chi connectivity index (χ4n) is 3.98. The van der Waals surface area contributed by atoms with Crippen LogP contribution >= 0.6 is 0 Å². The molecule has 1 saturated heterocycles. The average Bonchev–Trinajstić information content (AvgIpc) is 2.81. The number of ether oxygens (including phenoxy) is 3. The minimum atomic E-state index is -0.649. The summed E-state index contributed by atoms with van der Waals surface area (Å²) in [5.41, 5.74) is 0.827. The maximum absolute atomic E-state index is 13.3. The van der Waals surface area contributed by atoms with Gasteiger partial charge in [0.25, 0.3) is 5.91 Å². The molecule has 1 heterocycles. The lowest BCUT2D eigenvalue weighted by Gasteiger charge is -2.39. The molecule has 3 rings (SSSR count). The Bertz CT molecular complexity index is 906. The summed E-state index contributed by atoms with van der Waals surface area (Å²) in [6, 6.07) is 13.1. The molecule has 2 aromatic rings. The number of hydrogen-bond donors (Lipinski definition) is 1. The Kier molecular flexibility index (Phi) is 7.05. The van der Waals surface area contributed by atoms with Crippen LogP contribution < -0.4 is 19.5 Å². The smallest absolute Gasteiger partial charge is 0.254 e. The van der Waals surface area contributed by atoms with E-state index in [-0.39, 0.29) is 11.8 Å². The molecule has 0 aliphatic carbocycles. The molecular formula is C24H30N2O5. The van der Waals surface area contributed by atoms with Gasteiger partial charge < -0.3 is 24.4 Å². The van der Waals surface area contributed by atoms with Crippen LogP contribution in [0.1, 0.15) is 35.7 Å². The second-order valence-corrected chi connectivity index (χ2v) is 7.97. The van der Waals surface area contributed by atoms with Crippen LogP contribution in [-0.2, 0) is 11.3 Å². The van der Waals surface area contributed by atoms with E-state index < -0.39 is 5.41 Å². The summed E-state index contributed by atoms with van der Waals surface area (Å²) in [4.78, 5) is 28.0. The highest BCUT2D eigenvalue weighted by atomic mass is 16.5. The van der Waals surface area contributed by atoms with Crippen molar-refractivity contribution in [2.75, 3.05) is 34.4 Å². The van der Waals surface area contributed by atoms with Gasteiger partial charge in [-0.1, -0.05) is 30.3 Å². The lowest BCUT2D eigenvalue weighted by molar-refractivity contribution is -0.132. The van der Waals surface area contributed by atoms with Crippen molar-refractivity contribution in [3.05, 3.63) is 53.6 Å². The van der Waals surface area contributed by atoms with Crippen LogP contribution in [-0.4, -0.2) is 51.1 Å². The Hall–Kier alpha value is -3.22. The van der Waals surface area contributed by atoms with Gasteiger partial charge in [0.05, 0.1) is 26.7 Å². The predicted molar refractivity (Wildman–Crippen MR) is 118 cm³/mol. The van der Waals surface area contributed by atoms with Gasteiger partial charge in [0.15, 0.2) is 11.5 Å². The molecular weight excluding hydrogens is 396 g/mol. The third kappa shape index (κ3) is 4.93. The molecule has 0 saturated carbocycles. The monoisotopic (exact) mass is 426 g/mol. The van der Waals surface area contributed by atoms with Crippen molar-refractivity contribution < 1.29 is 23.8 Å². The Morgan fingerprint density at radius 2 is 1.68 bits per heavy atom. The Morgan fingerprint density at radius 1 is 1.03 bits per heavy atom. The van der Waals surface area contributed by atoms with E-state index in [0.717, 1.165) is 18.4 Å². The zero-order valence-electron chi connectivity index (χ0n) is 18.6. The highest BCUT2D eigenvalue weighted by molar-refractivity contribution is 5.96. The van der Waals surface area contributed by atoms with Gasteiger partial charge in [0.2, 0.25) is 11.7 Å². The maximum atomic E-state index is 13.3. The number of methoxy groups -OCH3 is 3. The summed E-state index contributed by atoms with van der Waals surface area (Å²) in [6.07, 6.45) is 1.48. The number of nitrogens with one attached hydrogen (secondary N) is 1. The van der Waals surface area contributed by atoms with E-state index in [2.05, 4.69) is 5.32 Å². The number of carbonyl (C=O) groups excluding carboxylic acids is 2. The third-order valence-electron chi connectivity index (χ3n) is 5.74. The molecule has 7 nitrogen and oxygen atoms in total. The number of likely N-dealkylation sites (tertiary alicyclic amines) is 1. The fourth-order valence-corrected chi connectivity index (χ4v) is 3.98. The largest absolute Gasteiger partial charge is 0.493 e. The van der Waals surface area contributed by atoms with Gasteiger partial charge in [0, 0.05) is 25.2 Å². The fraction of sp³-hybridized carbons (Fsp3) is 0.417. The van der Waals surface area contributed by atoms with Gasteiger partial charge in [-0.15, -0.1) is 0 Å². The van der Waals surface area contributed by atoms with Crippen molar-refractivity contribution in [1.82, 2.24) is 10.2 Å². The second-order valence-electron chi connectivity index (χ2n) is 7.97. The molecule has 1 N–H and O–H groups in total. The normalized spacial score (nSPS) is 18.3. The van der Waals surface area contributed by atoms with Gasteiger partial charge >= 0.3 is 0 Å². The molecule has 7 heteroatoms. The highest BCUT2D eigenvalue weighted by Crippen LogP contribution is 2.39. The third-order valence-corrected chi connectivity index (χ3v) is 5.74. The SMILES string of the molecule is COc1cc(C(=O)N2CCCC(C)(C(=O)NCc3ccccc3)C2)cc(OC)c1OC. The minimum Gasteiger partial charge on any atom is -0.493 e. The average molecular weight is 427 g/mol. The first-order chi connectivity index (χ1) is 14.9. The van der Waals surface area contributed by atoms with Crippen molar-refractivity contribution in [2.24, 2.45) is 5.41 Å². The van der Waals surface area contributed by atoms with E-state index in [0.29, 0.717) is 42.4 Å². The molecule has 0 bridgehead atoms. The number of piperidine rings is 1. The molecule has 1 unspecified atom stereocenters. The van der Waals surface area contributed by atoms with E-state index in [1.54, 1.807) is 17.0 Å². The number of benzene rings is 2. The molecule has 1 atom stereocenters. The molecule has 0 aromatic heterocycles. The number of nitrogens with zero attached hydrogens (tertiary/aromatic N) is 1. The number of amides is 2. The first kappa shape index (κ1) is 22.5. The van der Waals surface area contributed by atoms with Crippen LogP contribution in [0.4, 0.5) is 0 Å². The summed E-state index contributed by atoms with van der Waals surface area (Å²) in [5, 5.41) is 3.03. The van der Waals surface area contributed by atoms with Gasteiger partial charge in [-0.3, -0.25) is 9.59 Å². The van der Waals surface area contributed by atoms with Crippen LogP contribution in [0.25, 0.3) is 0 Å². The molecule has 0 radical (unpaired) electrons. The highest BCUT2D eigenvalue weighted by Gasteiger charge is 2.39. The number of carbonyl (C=O) groups is 2. The summed E-state index contributed by atoms with van der Waals surface area (Å²) < 4.78 is 16.1. The van der Waals surface area contributed by atoms with Crippen LogP contribution in [0, 0.1) is 5.41 Å². The molecule has 1 aliphatic heterocycles. The van der Waals surface area contributed by atoms with Gasteiger partial charge in [-0.25, -0.2) is 0 Å². The lowest BCUT2D eigenvalue weighted by Crippen LogP contribution is -2.51. The molecule has 166 valence electrons. The summed E-state index contributed by atoms with van der Waals surface area (Å²) in [7, 11) is 4.55. The number of rotatable bonds is 7. The van der Waals surface area contributed by atoms with E-state index in [1.165, 1.54) is 21.3 Å². The van der Waals surface area contributed by atoms with Crippen LogP contribution in [0.3, 0.4) is 0 Å². The molecule has 31 heavy (non-hydrogen) atoms. The van der Waals surface area contributed by atoms with Crippen LogP contribution in [0.2, 0.25) is 0 Å². The quantitative estimate of drug-likeness (QED) is 0.735. The van der Waals surface area contributed by atoms with Crippen molar-refractivity contribution in [2.45, 2.75) is 26.3 Å². The van der Waals surface area contributed by atoms with Crippen LogP contribution in [0.5, 0.6) is 17.2 Å². The second kappa shape index (κ2) is 9.73. The maximum Gasteiger partial charge on any atom is 0.254 e. The van der Waals surface area contributed by atoms with Gasteiger partial charge in [-0.2, -0.15) is 0 Å². The first-order valence-corrected chi connectivity index (χ1v) is 10.3. The Balaban J connectivity index is 1.75. The van der Waals surface area contributed by atoms with E-state index in [9.17, 15) is 9.59 Å². The topological polar surface area (TPSA) is 77.1 Å². The summed E-state index contributed by atoms with van der Waals surface area (Å²) in [5.74, 6) is 1.07. The van der Waals surface area contributed by atoms with Crippen molar-refractivity contribution in [3.63, 3.8) is 0 Å². The Morgan fingerprint density at radius 3 is 2.26 bits per heavy atom. The zero-order chi connectivity index (χ0) is 22.4. The van der Waals surface area contributed by atoms with Crippen LogP contribution in [0.15, 0.2) is 42.5 Å². The van der Waals surface area contributed by atoms with E-state index in [4.69, 9.17) is 14.2 Å². The first-order valence-electron chi connectivity index (χ1n) is 10.3. The Labute approximate surface area is 183 Å². The van der Waals surface area contributed by atoms with E-state index >= 15 is 0 Å². The molecule has 2 amide bonds. The number of hydrogen-bond acceptors (Lipinski definition) is 5. The predicted octanol–water partition coefficient (Wildman–Crippen LogP) is 3.27. The molecule has 2 aromatic carbocycles. The van der Waals surface area contributed by atoms with Gasteiger partial charge in [0.1, 0.15) is 0 Å². The summed E-state index contributed by atoms with van der Waals surface area (Å²) >= 11 is 0. The molecule has 1 aliphatic rings. The summed E-state index contributed by atoms with van der Waals surface area (Å²) in [6.45, 7) is 3.33. The molecule has 0 spiro atoms. The molecule has 1 fully saturated rings. The van der Waals surface area contributed by atoms with Crippen molar-refractivity contribution in [3.8, 4) is 17.2 Å². The van der Waals surface area contributed by atoms with Crippen molar-refractivity contribution >= 4 is 11.8 Å². The van der Waals surface area contributed by atoms with E-state index in [1.807, 2.05) is 37.3 Å². The van der Waals surface area contributed by atoms with Crippen molar-refractivity contribution in [1.29, 1.82) is 0 Å². The standard InChI is InChI=1S/C24H30N2O5/c1-24(23(28)25-15-17-9-6-5-7-10-17)11-8-12-26(16-24)22(27)18-13-19(29-2)21(31-4)20(14-18)30-3/h5-7,9-10,13-14H,8,11-12,15-16H2,1-4H3,(H,25,28). The lowest BCUT2D eigenvalue weighted by atomic mass is 9.80. The zero-order valence-corrected chi connectivity index (χ0v) is 18.6.